The number of carbonyl (C=O) groups excluding carboxylic acids is 1. The van der Waals surface area contributed by atoms with Crippen LogP contribution in [0.4, 0.5) is 4.79 Å². The fraction of sp³-hybridized carbons (Fsp3) is 0.500. The molecule has 1 heterocycles. The Bertz CT molecular complexity index is 482. The molecule has 5 heteroatoms. The Hall–Kier alpha value is -2.04. The van der Waals surface area contributed by atoms with Gasteiger partial charge in [-0.05, 0) is 37.7 Å². The third-order valence-corrected chi connectivity index (χ3v) is 3.98. The largest absolute Gasteiger partial charge is 0.480 e. The molecular weight excluding hydrogens is 268 g/mol. The van der Waals surface area contributed by atoms with Crippen LogP contribution in [-0.2, 0) is 11.2 Å². The Morgan fingerprint density at radius 1 is 1.29 bits per heavy atom. The maximum atomic E-state index is 11.9. The molecular formula is C16H22N2O3. The Morgan fingerprint density at radius 2 is 1.90 bits per heavy atom. The number of nitrogens with one attached hydrogen (secondary N) is 1. The van der Waals surface area contributed by atoms with Gasteiger partial charge in [0.25, 0.3) is 0 Å². The highest BCUT2D eigenvalue weighted by Gasteiger charge is 2.24. The molecule has 5 nitrogen and oxygen atoms in total. The zero-order chi connectivity index (χ0) is 15.2. The lowest BCUT2D eigenvalue weighted by atomic mass is 9.90. The van der Waals surface area contributed by atoms with Gasteiger partial charge in [-0.15, -0.1) is 0 Å². The van der Waals surface area contributed by atoms with Crippen molar-refractivity contribution in [3.63, 3.8) is 0 Å². The van der Waals surface area contributed by atoms with Crippen LogP contribution in [0, 0.1) is 5.92 Å². The highest BCUT2D eigenvalue weighted by Crippen LogP contribution is 2.21. The first kappa shape index (κ1) is 15.4. The molecule has 0 bridgehead atoms. The number of carboxylic acid groups (broad SMARTS) is 1. The third-order valence-electron chi connectivity index (χ3n) is 3.98. The molecule has 2 rings (SSSR count). The van der Waals surface area contributed by atoms with E-state index in [1.807, 2.05) is 18.2 Å². The predicted molar refractivity (Wildman–Crippen MR) is 80.1 cm³/mol. The molecule has 1 aromatic rings. The summed E-state index contributed by atoms with van der Waals surface area (Å²) in [6, 6.07) is 9.25. The quantitative estimate of drug-likeness (QED) is 0.892. The van der Waals surface area contributed by atoms with Crippen LogP contribution in [-0.4, -0.2) is 41.1 Å². The second-order valence-corrected chi connectivity index (χ2v) is 5.63. The van der Waals surface area contributed by atoms with Crippen molar-refractivity contribution in [1.82, 2.24) is 10.2 Å². The number of hydrogen-bond acceptors (Lipinski definition) is 2. The van der Waals surface area contributed by atoms with E-state index in [0.717, 1.165) is 19.3 Å². The van der Waals surface area contributed by atoms with Crippen molar-refractivity contribution in [2.75, 3.05) is 13.1 Å². The molecule has 0 spiro atoms. The zero-order valence-corrected chi connectivity index (χ0v) is 12.3. The van der Waals surface area contributed by atoms with E-state index in [0.29, 0.717) is 19.0 Å². The maximum Gasteiger partial charge on any atom is 0.325 e. The van der Waals surface area contributed by atoms with E-state index >= 15 is 0 Å². The first-order chi connectivity index (χ1) is 10.1. The molecule has 0 aromatic heterocycles. The molecule has 1 saturated heterocycles. The lowest BCUT2D eigenvalue weighted by molar-refractivity contribution is -0.138. The lowest BCUT2D eigenvalue weighted by Gasteiger charge is -2.32. The van der Waals surface area contributed by atoms with Crippen molar-refractivity contribution in [2.24, 2.45) is 5.92 Å². The van der Waals surface area contributed by atoms with Crippen molar-refractivity contribution in [2.45, 2.75) is 32.2 Å². The van der Waals surface area contributed by atoms with E-state index in [-0.39, 0.29) is 6.03 Å². The van der Waals surface area contributed by atoms with Crippen LogP contribution in [0.2, 0.25) is 0 Å². The normalized spacial score (nSPS) is 17.3. The van der Waals surface area contributed by atoms with Gasteiger partial charge in [0, 0.05) is 13.1 Å². The molecule has 1 aromatic carbocycles. The van der Waals surface area contributed by atoms with Crippen LogP contribution >= 0.6 is 0 Å². The van der Waals surface area contributed by atoms with Crippen LogP contribution in [0.3, 0.4) is 0 Å². The minimum atomic E-state index is -1.01. The fourth-order valence-electron chi connectivity index (χ4n) is 2.63. The summed E-state index contributed by atoms with van der Waals surface area (Å²) >= 11 is 0. The minimum absolute atomic E-state index is 0.275. The van der Waals surface area contributed by atoms with E-state index < -0.39 is 12.0 Å². The molecule has 0 aliphatic carbocycles. The minimum Gasteiger partial charge on any atom is -0.480 e. The highest BCUT2D eigenvalue weighted by atomic mass is 16.4. The molecule has 2 N–H and O–H groups in total. The standard InChI is InChI=1S/C16H22N2O3/c1-12(15(19)20)17-16(21)18-9-7-14(8-10-18)11-13-5-3-2-4-6-13/h2-6,12,14H,7-11H2,1H3,(H,17,21)(H,19,20)/t12-/m0/s1. The third kappa shape index (κ3) is 4.48. The summed E-state index contributed by atoms with van der Waals surface area (Å²) in [5, 5.41) is 11.3. The maximum absolute atomic E-state index is 11.9. The molecule has 21 heavy (non-hydrogen) atoms. The number of piperidine rings is 1. The van der Waals surface area contributed by atoms with Crippen LogP contribution < -0.4 is 5.32 Å². The van der Waals surface area contributed by atoms with E-state index in [1.165, 1.54) is 12.5 Å². The van der Waals surface area contributed by atoms with Crippen molar-refractivity contribution in [3.05, 3.63) is 35.9 Å². The van der Waals surface area contributed by atoms with Crippen LogP contribution in [0.15, 0.2) is 30.3 Å². The monoisotopic (exact) mass is 290 g/mol. The molecule has 0 unspecified atom stereocenters. The second-order valence-electron chi connectivity index (χ2n) is 5.63. The van der Waals surface area contributed by atoms with Gasteiger partial charge < -0.3 is 15.3 Å². The number of hydrogen-bond donors (Lipinski definition) is 2. The Balaban J connectivity index is 1.78. The summed E-state index contributed by atoms with van der Waals surface area (Å²) in [5.74, 6) is -0.421. The molecule has 0 saturated carbocycles. The van der Waals surface area contributed by atoms with Gasteiger partial charge in [0.05, 0.1) is 0 Å². The van der Waals surface area contributed by atoms with Gasteiger partial charge in [-0.3, -0.25) is 4.79 Å². The summed E-state index contributed by atoms with van der Waals surface area (Å²) in [6.45, 7) is 2.85. The number of rotatable bonds is 4. The average Bonchev–Trinajstić information content (AvgIpc) is 2.48. The van der Waals surface area contributed by atoms with E-state index in [1.54, 1.807) is 4.90 Å². The first-order valence-corrected chi connectivity index (χ1v) is 7.38. The van der Waals surface area contributed by atoms with E-state index in [4.69, 9.17) is 5.11 Å². The average molecular weight is 290 g/mol. The van der Waals surface area contributed by atoms with Crippen LogP contribution in [0.1, 0.15) is 25.3 Å². The van der Waals surface area contributed by atoms with Crippen molar-refractivity contribution in [1.29, 1.82) is 0 Å². The number of carboxylic acids is 1. The van der Waals surface area contributed by atoms with Crippen molar-refractivity contribution >= 4 is 12.0 Å². The Labute approximate surface area is 125 Å². The van der Waals surface area contributed by atoms with Gasteiger partial charge in [-0.1, -0.05) is 30.3 Å². The number of amides is 2. The van der Waals surface area contributed by atoms with Gasteiger partial charge in [-0.25, -0.2) is 4.79 Å². The van der Waals surface area contributed by atoms with Gasteiger partial charge in [0.2, 0.25) is 0 Å². The highest BCUT2D eigenvalue weighted by molar-refractivity contribution is 5.82. The first-order valence-electron chi connectivity index (χ1n) is 7.38. The number of aliphatic carboxylic acids is 1. The van der Waals surface area contributed by atoms with Crippen LogP contribution in [0.5, 0.6) is 0 Å². The van der Waals surface area contributed by atoms with Crippen molar-refractivity contribution in [3.8, 4) is 0 Å². The summed E-state index contributed by atoms with van der Waals surface area (Å²) in [7, 11) is 0. The lowest BCUT2D eigenvalue weighted by Crippen LogP contribution is -2.49. The van der Waals surface area contributed by atoms with Crippen LogP contribution in [0.25, 0.3) is 0 Å². The molecule has 1 aliphatic rings. The predicted octanol–water partition coefficient (Wildman–Crippen LogP) is 2.12. The van der Waals surface area contributed by atoms with Gasteiger partial charge in [-0.2, -0.15) is 0 Å². The molecule has 0 radical (unpaired) electrons. The van der Waals surface area contributed by atoms with E-state index in [2.05, 4.69) is 17.4 Å². The molecule has 1 atom stereocenters. The van der Waals surface area contributed by atoms with Gasteiger partial charge >= 0.3 is 12.0 Å². The number of nitrogens with zero attached hydrogens (tertiary/aromatic N) is 1. The van der Waals surface area contributed by atoms with E-state index in [9.17, 15) is 9.59 Å². The summed E-state index contributed by atoms with van der Waals surface area (Å²) < 4.78 is 0. The van der Waals surface area contributed by atoms with Crippen molar-refractivity contribution < 1.29 is 14.7 Å². The number of carbonyl (C=O) groups is 2. The topological polar surface area (TPSA) is 69.6 Å². The molecule has 2 amide bonds. The summed E-state index contributed by atoms with van der Waals surface area (Å²) in [5.41, 5.74) is 1.33. The molecule has 114 valence electrons. The second kappa shape index (κ2) is 7.11. The number of urea groups is 1. The van der Waals surface area contributed by atoms with Gasteiger partial charge in [0.1, 0.15) is 6.04 Å². The Kier molecular flexibility index (Phi) is 5.20. The summed E-state index contributed by atoms with van der Waals surface area (Å²) in [6.07, 6.45) is 2.97. The molecule has 1 fully saturated rings. The zero-order valence-electron chi connectivity index (χ0n) is 12.3. The fourth-order valence-corrected chi connectivity index (χ4v) is 2.63. The summed E-state index contributed by atoms with van der Waals surface area (Å²) in [4.78, 5) is 24.4. The Morgan fingerprint density at radius 3 is 2.48 bits per heavy atom. The number of benzene rings is 1. The SMILES string of the molecule is C[C@H](NC(=O)N1CCC(Cc2ccccc2)CC1)C(=O)O. The smallest absolute Gasteiger partial charge is 0.325 e. The number of likely N-dealkylation sites (tertiary alicyclic amines) is 1. The molecule has 1 aliphatic heterocycles. The van der Waals surface area contributed by atoms with Gasteiger partial charge in [0.15, 0.2) is 0 Å².